The van der Waals surface area contributed by atoms with Crippen molar-refractivity contribution in [3.05, 3.63) is 70.0 Å². The van der Waals surface area contributed by atoms with Gasteiger partial charge in [-0.15, -0.1) is 0 Å². The lowest BCUT2D eigenvalue weighted by Crippen LogP contribution is -2.44. The molecular formula is C47H66N2O9. The summed E-state index contributed by atoms with van der Waals surface area (Å²) in [5.41, 5.74) is 4.00. The molecule has 11 nitrogen and oxygen atoms in total. The maximum Gasteiger partial charge on any atom is 0.201 e. The van der Waals surface area contributed by atoms with Crippen molar-refractivity contribution in [2.45, 2.75) is 145 Å². The highest BCUT2D eigenvalue weighted by molar-refractivity contribution is 5.64. The normalized spacial score (nSPS) is 34.0. The van der Waals surface area contributed by atoms with Crippen molar-refractivity contribution in [2.24, 2.45) is 23.7 Å². The van der Waals surface area contributed by atoms with Gasteiger partial charge in [-0.3, -0.25) is 0 Å². The SMILES string of the molecule is CNCC[C@@H]1CC[C@@H]2[C@@H](O)CC[C@]3(O)CC[C@H](CCOc4ccc([C@H]5CC[C@H]6[C@H](C5)O[C@H](c5c(CO)c(O)c(O)c(OC)c5Cc5cc[nH]c5)C[C@@H]6O)cc4[C@@H]2C1)C3. The van der Waals surface area contributed by atoms with Gasteiger partial charge in [0.15, 0.2) is 11.5 Å². The molecule has 2 bridgehead atoms. The highest BCUT2D eigenvalue weighted by Crippen LogP contribution is 2.54. The zero-order valence-corrected chi connectivity index (χ0v) is 34.4. The standard InChI is InChI=1S/C47H66N2O9/c1-48-16-11-27-3-6-32-34(19-27)35-21-30(5-8-40(35)57-18-13-28-9-14-47(55,24-28)15-10-38(32)51)31-4-7-33-39(52)23-42(58-41(33)22-31)43-36(20-29-12-17-49-25-29)46(56-2)45(54)44(53)37(43)26-50/h5,8,12,17,21,25,27-28,31-34,38-39,41-42,48-55H,3-4,6-7,9-11,13-16,18-20,22-24,26H2,1-2H3/t27-,28+,31-,32-,33+,34+,38-,39-,41-,42-,47+/m0/s1. The van der Waals surface area contributed by atoms with Gasteiger partial charge in [-0.2, -0.15) is 0 Å². The number of aromatic amines is 1. The largest absolute Gasteiger partial charge is 0.504 e. The molecule has 1 aromatic heterocycles. The predicted molar refractivity (Wildman–Crippen MR) is 220 cm³/mol. The number of methoxy groups -OCH3 is 1. The van der Waals surface area contributed by atoms with Crippen LogP contribution < -0.4 is 14.8 Å². The van der Waals surface area contributed by atoms with Crippen LogP contribution in [0.25, 0.3) is 0 Å². The number of aromatic hydroxyl groups is 2. The van der Waals surface area contributed by atoms with Crippen LogP contribution in [0.15, 0.2) is 36.7 Å². The Labute approximate surface area is 343 Å². The summed E-state index contributed by atoms with van der Waals surface area (Å²) in [6.45, 7) is 1.05. The van der Waals surface area contributed by atoms with E-state index < -0.39 is 42.0 Å². The number of phenols is 2. The minimum absolute atomic E-state index is 0.0571. The Morgan fingerprint density at radius 2 is 1.74 bits per heavy atom. The molecule has 0 spiro atoms. The molecule has 318 valence electrons. The smallest absolute Gasteiger partial charge is 0.201 e. The Morgan fingerprint density at radius 3 is 2.52 bits per heavy atom. The van der Waals surface area contributed by atoms with Crippen molar-refractivity contribution in [3.63, 3.8) is 0 Å². The molecule has 0 amide bonds. The predicted octanol–water partition coefficient (Wildman–Crippen LogP) is 6.86. The van der Waals surface area contributed by atoms with Crippen LogP contribution in [-0.4, -0.2) is 86.8 Å². The number of H-pyrrole nitrogens is 1. The number of benzene rings is 2. The third-order valence-corrected chi connectivity index (χ3v) is 15.1. The lowest BCUT2D eigenvalue weighted by atomic mass is 9.66. The van der Waals surface area contributed by atoms with Gasteiger partial charge >= 0.3 is 0 Å². The molecule has 8 N–H and O–H groups in total. The Balaban J connectivity index is 1.10. The number of hydrogen-bond donors (Lipinski definition) is 8. The zero-order chi connectivity index (χ0) is 40.6. The second-order valence-electron chi connectivity index (χ2n) is 18.5. The Morgan fingerprint density at radius 1 is 0.914 bits per heavy atom. The maximum atomic E-state index is 11.9. The first-order valence-electron chi connectivity index (χ1n) is 22.1. The van der Waals surface area contributed by atoms with Crippen LogP contribution in [-0.2, 0) is 17.8 Å². The van der Waals surface area contributed by atoms with Crippen LogP contribution in [0.2, 0.25) is 0 Å². The molecule has 58 heavy (non-hydrogen) atoms. The molecule has 3 aliphatic carbocycles. The van der Waals surface area contributed by atoms with E-state index in [0.29, 0.717) is 61.7 Å². The highest BCUT2D eigenvalue weighted by atomic mass is 16.5. The van der Waals surface area contributed by atoms with Crippen LogP contribution >= 0.6 is 0 Å². The van der Waals surface area contributed by atoms with Gasteiger partial charge in [0.1, 0.15) is 5.75 Å². The minimum Gasteiger partial charge on any atom is -0.504 e. The van der Waals surface area contributed by atoms with Crippen molar-refractivity contribution in [2.75, 3.05) is 27.3 Å². The van der Waals surface area contributed by atoms with E-state index >= 15 is 0 Å². The average molecular weight is 803 g/mol. The Bertz CT molecular complexity index is 1850. The molecule has 8 rings (SSSR count). The van der Waals surface area contributed by atoms with Crippen LogP contribution in [0, 0.1) is 23.7 Å². The monoisotopic (exact) mass is 802 g/mol. The molecular weight excluding hydrogens is 737 g/mol. The number of aliphatic hydroxyl groups is 4. The quantitative estimate of drug-likeness (QED) is 0.107. The third-order valence-electron chi connectivity index (χ3n) is 15.1. The summed E-state index contributed by atoms with van der Waals surface area (Å²) in [6, 6.07) is 8.66. The number of aromatic nitrogens is 1. The first-order valence-corrected chi connectivity index (χ1v) is 22.1. The van der Waals surface area contributed by atoms with Gasteiger partial charge in [0.2, 0.25) is 5.75 Å². The Hall–Kier alpha value is -3.32. The van der Waals surface area contributed by atoms with E-state index in [0.717, 1.165) is 82.1 Å². The summed E-state index contributed by atoms with van der Waals surface area (Å²) < 4.78 is 19.3. The zero-order valence-electron chi connectivity index (χ0n) is 34.4. The number of fused-ring (bicyclic) bond motifs is 6. The Kier molecular flexibility index (Phi) is 12.7. The van der Waals surface area contributed by atoms with Gasteiger partial charge in [0, 0.05) is 42.3 Å². The van der Waals surface area contributed by atoms with Gasteiger partial charge < -0.3 is 55.2 Å². The fourth-order valence-corrected chi connectivity index (χ4v) is 11.9. The van der Waals surface area contributed by atoms with E-state index in [1.165, 1.54) is 18.2 Å². The number of hydrogen-bond acceptors (Lipinski definition) is 10. The summed E-state index contributed by atoms with van der Waals surface area (Å²) in [6.07, 6.45) is 13.5. The van der Waals surface area contributed by atoms with Crippen LogP contribution in [0.4, 0.5) is 0 Å². The van der Waals surface area contributed by atoms with Crippen molar-refractivity contribution < 1.29 is 44.8 Å². The fourth-order valence-electron chi connectivity index (χ4n) is 11.9. The van der Waals surface area contributed by atoms with E-state index in [1.807, 2.05) is 25.5 Å². The first kappa shape index (κ1) is 41.4. The van der Waals surface area contributed by atoms with E-state index in [9.17, 15) is 30.6 Å². The van der Waals surface area contributed by atoms with Crippen LogP contribution in [0.3, 0.4) is 0 Å². The van der Waals surface area contributed by atoms with Gasteiger partial charge in [-0.1, -0.05) is 12.1 Å². The second kappa shape index (κ2) is 17.7. The van der Waals surface area contributed by atoms with Gasteiger partial charge in [0.25, 0.3) is 0 Å². The van der Waals surface area contributed by atoms with Crippen molar-refractivity contribution in [3.8, 4) is 23.0 Å². The van der Waals surface area contributed by atoms with Gasteiger partial charge in [0.05, 0.1) is 50.3 Å². The molecule has 11 atom stereocenters. The number of aliphatic hydroxyl groups excluding tert-OH is 3. The maximum absolute atomic E-state index is 11.9. The lowest BCUT2D eigenvalue weighted by molar-refractivity contribution is -0.154. The fraction of sp³-hybridized carbons (Fsp3) is 0.660. The van der Waals surface area contributed by atoms with Crippen molar-refractivity contribution in [1.82, 2.24) is 10.3 Å². The second-order valence-corrected chi connectivity index (χ2v) is 18.5. The van der Waals surface area contributed by atoms with E-state index in [-0.39, 0.29) is 41.1 Å². The molecule has 3 heterocycles. The molecule has 3 saturated carbocycles. The lowest BCUT2D eigenvalue weighted by Gasteiger charge is -2.46. The summed E-state index contributed by atoms with van der Waals surface area (Å²) in [5.74, 6) is 1.48. The van der Waals surface area contributed by atoms with E-state index in [4.69, 9.17) is 14.2 Å². The number of phenolic OH excluding ortho intramolecular Hbond substituents is 1. The molecule has 1 saturated heterocycles. The van der Waals surface area contributed by atoms with Crippen molar-refractivity contribution >= 4 is 0 Å². The summed E-state index contributed by atoms with van der Waals surface area (Å²) in [4.78, 5) is 3.07. The first-order chi connectivity index (χ1) is 28.1. The molecule has 2 aromatic carbocycles. The van der Waals surface area contributed by atoms with Crippen LogP contribution in [0.1, 0.15) is 141 Å². The average Bonchev–Trinajstić information content (AvgIpc) is 3.89. The number of ether oxygens (including phenoxy) is 3. The molecule has 11 heteroatoms. The molecule has 0 radical (unpaired) electrons. The van der Waals surface area contributed by atoms with E-state index in [1.54, 1.807) is 0 Å². The third kappa shape index (κ3) is 8.37. The molecule has 2 aliphatic heterocycles. The van der Waals surface area contributed by atoms with Crippen LogP contribution in [0.5, 0.6) is 23.0 Å². The molecule has 3 aromatic rings. The van der Waals surface area contributed by atoms with Gasteiger partial charge in [-0.05, 0) is 161 Å². The molecule has 4 fully saturated rings. The number of nitrogens with one attached hydrogen (secondary N) is 2. The van der Waals surface area contributed by atoms with E-state index in [2.05, 4.69) is 28.5 Å². The highest BCUT2D eigenvalue weighted by Gasteiger charge is 2.45. The number of rotatable bonds is 9. The summed E-state index contributed by atoms with van der Waals surface area (Å²) in [7, 11) is 3.46. The summed E-state index contributed by atoms with van der Waals surface area (Å²) >= 11 is 0. The van der Waals surface area contributed by atoms with Gasteiger partial charge in [-0.25, -0.2) is 0 Å². The summed E-state index contributed by atoms with van der Waals surface area (Å²) in [5, 5.41) is 71.1. The minimum atomic E-state index is -0.690. The molecule has 0 unspecified atom stereocenters. The van der Waals surface area contributed by atoms with Crippen molar-refractivity contribution in [1.29, 1.82) is 0 Å². The molecule has 5 aliphatic rings. The topological polar surface area (TPSA) is 177 Å².